The first kappa shape index (κ1) is 8.89. The van der Waals surface area contributed by atoms with E-state index in [1.165, 1.54) is 38.0 Å². The molecule has 1 nitrogen and oxygen atoms in total. The smallest absolute Gasteiger partial charge is 0.0561 e. The summed E-state index contributed by atoms with van der Waals surface area (Å²) in [5, 5.41) is 4.41. The normalized spacial score (nSPS) is 43.2. The minimum absolute atomic E-state index is 0.799. The fourth-order valence-corrected chi connectivity index (χ4v) is 3.75. The highest BCUT2D eigenvalue weighted by Gasteiger charge is 2.28. The Morgan fingerprint density at radius 1 is 1.33 bits per heavy atom. The van der Waals surface area contributed by atoms with Crippen LogP contribution in [0.25, 0.3) is 0 Å². The van der Waals surface area contributed by atoms with Crippen LogP contribution in [0.15, 0.2) is 0 Å². The van der Waals surface area contributed by atoms with Crippen molar-refractivity contribution in [2.24, 2.45) is 11.8 Å². The van der Waals surface area contributed by atoms with Crippen LogP contribution < -0.4 is 5.32 Å². The van der Waals surface area contributed by atoms with Gasteiger partial charge in [0.05, 0.1) is 5.37 Å². The molecule has 1 N–H and O–H groups in total. The molecular weight excluding hydrogens is 166 g/mol. The SMILES string of the molecule is CC1CCCC(C2NCCS2)C1. The number of hydrogen-bond donors (Lipinski definition) is 1. The van der Waals surface area contributed by atoms with Crippen LogP contribution in [0.3, 0.4) is 0 Å². The van der Waals surface area contributed by atoms with Crippen molar-refractivity contribution in [3.63, 3.8) is 0 Å². The summed E-state index contributed by atoms with van der Waals surface area (Å²) in [5.74, 6) is 3.28. The van der Waals surface area contributed by atoms with E-state index in [9.17, 15) is 0 Å². The van der Waals surface area contributed by atoms with Gasteiger partial charge >= 0.3 is 0 Å². The van der Waals surface area contributed by atoms with E-state index in [1.807, 2.05) is 0 Å². The van der Waals surface area contributed by atoms with Crippen molar-refractivity contribution in [2.75, 3.05) is 12.3 Å². The Balaban J connectivity index is 1.85. The molecule has 1 aliphatic carbocycles. The molecule has 2 rings (SSSR count). The average molecular weight is 185 g/mol. The molecule has 0 aromatic rings. The van der Waals surface area contributed by atoms with E-state index in [0.29, 0.717) is 0 Å². The van der Waals surface area contributed by atoms with E-state index in [-0.39, 0.29) is 0 Å². The van der Waals surface area contributed by atoms with Crippen molar-refractivity contribution >= 4 is 11.8 Å². The molecule has 2 aliphatic rings. The number of nitrogens with one attached hydrogen (secondary N) is 1. The lowest BCUT2D eigenvalue weighted by molar-refractivity contribution is 0.266. The fourth-order valence-electron chi connectivity index (χ4n) is 2.50. The molecule has 2 fully saturated rings. The summed E-state index contributed by atoms with van der Waals surface area (Å²) in [6.07, 6.45) is 5.86. The predicted molar refractivity (Wildman–Crippen MR) is 55.4 cm³/mol. The maximum absolute atomic E-state index is 3.61. The van der Waals surface area contributed by atoms with Crippen LogP contribution in [0.4, 0.5) is 0 Å². The van der Waals surface area contributed by atoms with Gasteiger partial charge in [-0.15, -0.1) is 11.8 Å². The van der Waals surface area contributed by atoms with Gasteiger partial charge in [0.15, 0.2) is 0 Å². The van der Waals surface area contributed by atoms with Gasteiger partial charge in [-0.1, -0.05) is 19.8 Å². The molecule has 0 bridgehead atoms. The van der Waals surface area contributed by atoms with Crippen LogP contribution in [-0.2, 0) is 0 Å². The molecule has 2 heteroatoms. The van der Waals surface area contributed by atoms with Crippen LogP contribution in [0.5, 0.6) is 0 Å². The van der Waals surface area contributed by atoms with Crippen molar-refractivity contribution in [1.82, 2.24) is 5.32 Å². The number of thioether (sulfide) groups is 1. The maximum Gasteiger partial charge on any atom is 0.0561 e. The lowest BCUT2D eigenvalue weighted by Gasteiger charge is -2.30. The van der Waals surface area contributed by atoms with Crippen LogP contribution in [-0.4, -0.2) is 17.7 Å². The highest BCUT2D eigenvalue weighted by Crippen LogP contribution is 2.35. The molecule has 1 aliphatic heterocycles. The van der Waals surface area contributed by atoms with Crippen molar-refractivity contribution < 1.29 is 0 Å². The molecule has 3 atom stereocenters. The molecule has 0 radical (unpaired) electrons. The van der Waals surface area contributed by atoms with Gasteiger partial charge in [-0.05, 0) is 24.7 Å². The monoisotopic (exact) mass is 185 g/mol. The molecule has 1 heterocycles. The van der Waals surface area contributed by atoms with Gasteiger partial charge in [0.2, 0.25) is 0 Å². The summed E-state index contributed by atoms with van der Waals surface area (Å²) in [5.41, 5.74) is 0. The summed E-state index contributed by atoms with van der Waals surface area (Å²) in [4.78, 5) is 0. The summed E-state index contributed by atoms with van der Waals surface area (Å²) in [7, 11) is 0. The van der Waals surface area contributed by atoms with E-state index in [1.54, 1.807) is 0 Å². The largest absolute Gasteiger partial charge is 0.304 e. The van der Waals surface area contributed by atoms with Gasteiger partial charge in [0.25, 0.3) is 0 Å². The Hall–Kier alpha value is 0.310. The molecule has 1 saturated heterocycles. The predicted octanol–water partition coefficient (Wildman–Crippen LogP) is 2.48. The maximum atomic E-state index is 3.61. The second kappa shape index (κ2) is 4.01. The third kappa shape index (κ3) is 1.97. The molecule has 0 aromatic carbocycles. The van der Waals surface area contributed by atoms with Crippen molar-refractivity contribution in [2.45, 2.75) is 38.0 Å². The van der Waals surface area contributed by atoms with Gasteiger partial charge in [-0.2, -0.15) is 0 Å². The number of hydrogen-bond acceptors (Lipinski definition) is 2. The molecule has 12 heavy (non-hydrogen) atoms. The number of rotatable bonds is 1. The molecule has 0 spiro atoms. The quantitative estimate of drug-likeness (QED) is 0.673. The van der Waals surface area contributed by atoms with Crippen molar-refractivity contribution in [3.05, 3.63) is 0 Å². The molecule has 0 amide bonds. The van der Waals surface area contributed by atoms with Crippen LogP contribution in [0.1, 0.15) is 32.6 Å². The Bertz CT molecular complexity index is 143. The van der Waals surface area contributed by atoms with E-state index in [4.69, 9.17) is 0 Å². The zero-order valence-corrected chi connectivity index (χ0v) is 8.70. The summed E-state index contributed by atoms with van der Waals surface area (Å²) >= 11 is 2.14. The van der Waals surface area contributed by atoms with E-state index in [0.717, 1.165) is 17.2 Å². The molecular formula is C10H19NS. The van der Waals surface area contributed by atoms with E-state index in [2.05, 4.69) is 24.0 Å². The van der Waals surface area contributed by atoms with E-state index < -0.39 is 0 Å². The summed E-state index contributed by atoms with van der Waals surface area (Å²) < 4.78 is 0. The minimum atomic E-state index is 0.799. The minimum Gasteiger partial charge on any atom is -0.304 e. The first-order chi connectivity index (χ1) is 5.86. The van der Waals surface area contributed by atoms with E-state index >= 15 is 0 Å². The zero-order chi connectivity index (χ0) is 8.39. The third-order valence-electron chi connectivity index (χ3n) is 3.15. The first-order valence-electron chi connectivity index (χ1n) is 5.21. The van der Waals surface area contributed by atoms with Crippen LogP contribution >= 0.6 is 11.8 Å². The first-order valence-corrected chi connectivity index (χ1v) is 6.26. The molecule has 70 valence electrons. The molecule has 1 saturated carbocycles. The van der Waals surface area contributed by atoms with Gasteiger partial charge in [-0.25, -0.2) is 0 Å². The van der Waals surface area contributed by atoms with Crippen molar-refractivity contribution in [1.29, 1.82) is 0 Å². The summed E-state index contributed by atoms with van der Waals surface area (Å²) in [6.45, 7) is 3.64. The third-order valence-corrected chi connectivity index (χ3v) is 4.50. The van der Waals surface area contributed by atoms with Crippen LogP contribution in [0, 0.1) is 11.8 Å². The molecule has 0 aromatic heterocycles. The van der Waals surface area contributed by atoms with Gasteiger partial charge in [0, 0.05) is 12.3 Å². The Morgan fingerprint density at radius 3 is 2.92 bits per heavy atom. The zero-order valence-electron chi connectivity index (χ0n) is 7.88. The fraction of sp³-hybridized carbons (Fsp3) is 1.00. The van der Waals surface area contributed by atoms with Gasteiger partial charge in [0.1, 0.15) is 0 Å². The Morgan fingerprint density at radius 2 is 2.25 bits per heavy atom. The highest BCUT2D eigenvalue weighted by molar-refractivity contribution is 8.00. The van der Waals surface area contributed by atoms with Gasteiger partial charge < -0.3 is 5.32 Å². The second-order valence-corrected chi connectivity index (χ2v) is 5.53. The van der Waals surface area contributed by atoms with Gasteiger partial charge in [-0.3, -0.25) is 0 Å². The topological polar surface area (TPSA) is 12.0 Å². The van der Waals surface area contributed by atoms with Crippen LogP contribution in [0.2, 0.25) is 0 Å². The standard InChI is InChI=1S/C10H19NS/c1-8-3-2-4-9(7-8)10-11-5-6-12-10/h8-11H,2-7H2,1H3. The average Bonchev–Trinajstić information content (AvgIpc) is 2.56. The molecule has 3 unspecified atom stereocenters. The Kier molecular flexibility index (Phi) is 2.97. The summed E-state index contributed by atoms with van der Waals surface area (Å²) in [6, 6.07) is 0. The highest BCUT2D eigenvalue weighted by atomic mass is 32.2. The Labute approximate surface area is 79.7 Å². The lowest BCUT2D eigenvalue weighted by atomic mass is 9.82. The van der Waals surface area contributed by atoms with Crippen molar-refractivity contribution in [3.8, 4) is 0 Å². The second-order valence-electron chi connectivity index (χ2n) is 4.28. The lowest BCUT2D eigenvalue weighted by Crippen LogP contribution is -2.31.